The monoisotopic (exact) mass is 411 g/mol. The first-order valence-electron chi connectivity index (χ1n) is 9.33. The molecule has 2 aromatic heterocycles. The van der Waals surface area contributed by atoms with Crippen molar-refractivity contribution in [2.45, 2.75) is 44.4 Å². The molecule has 2 aliphatic rings. The molecule has 4 N–H and O–H groups in total. The van der Waals surface area contributed by atoms with Gasteiger partial charge in [0.05, 0.1) is 12.0 Å². The van der Waals surface area contributed by atoms with Crippen LogP contribution < -0.4 is 16.4 Å². The van der Waals surface area contributed by atoms with Crippen molar-refractivity contribution in [3.63, 3.8) is 0 Å². The highest BCUT2D eigenvalue weighted by molar-refractivity contribution is 6.33. The van der Waals surface area contributed by atoms with Crippen molar-refractivity contribution in [1.29, 1.82) is 0 Å². The maximum Gasteiger partial charge on any atom is 0.230 e. The van der Waals surface area contributed by atoms with Gasteiger partial charge >= 0.3 is 0 Å². The molecule has 4 rings (SSSR count). The Labute approximate surface area is 170 Å². The fraction of sp³-hybridized carbons (Fsp3) is 0.611. The van der Waals surface area contributed by atoms with Crippen LogP contribution in [0, 0.1) is 5.41 Å². The molecule has 1 spiro atoms. The molecule has 1 saturated heterocycles. The van der Waals surface area contributed by atoms with Gasteiger partial charge in [-0.05, 0) is 57.0 Å². The minimum absolute atomic E-state index is 0. The van der Waals surface area contributed by atoms with Crippen LogP contribution >= 0.6 is 24.0 Å². The SMILES string of the molecule is Cl.Cn1cnc(Nc2nc(N)c(Cl)c(C3CCC4(CCNCC4)CC3)n2)c1. The molecule has 0 aromatic carbocycles. The number of aromatic nitrogens is 4. The van der Waals surface area contributed by atoms with Crippen molar-refractivity contribution in [2.24, 2.45) is 12.5 Å². The molecule has 2 fully saturated rings. The predicted octanol–water partition coefficient (Wildman–Crippen LogP) is 3.64. The van der Waals surface area contributed by atoms with E-state index in [0.717, 1.165) is 31.6 Å². The number of rotatable bonds is 3. The second-order valence-corrected chi connectivity index (χ2v) is 8.08. The molecular formula is C18H27Cl2N7. The second kappa shape index (κ2) is 8.20. The number of nitrogens with zero attached hydrogens (tertiary/aromatic N) is 4. The average molecular weight is 412 g/mol. The standard InChI is InChI=1S/C18H26ClN7.ClH/c1-26-10-13(22-11-26)23-17-24-15(14(19)16(20)25-17)12-2-4-18(5-3-12)6-8-21-9-7-18;/h10-12,21H,2-9H2,1H3,(H3,20,23,24,25);1H. The van der Waals surface area contributed by atoms with Crippen molar-refractivity contribution >= 4 is 41.6 Å². The van der Waals surface area contributed by atoms with Gasteiger partial charge in [0.1, 0.15) is 10.8 Å². The number of nitrogen functional groups attached to an aromatic ring is 1. The number of hydrogen-bond acceptors (Lipinski definition) is 6. The highest BCUT2D eigenvalue weighted by Gasteiger charge is 2.37. The third-order valence-electron chi connectivity index (χ3n) is 5.94. The van der Waals surface area contributed by atoms with Crippen LogP contribution in [-0.4, -0.2) is 32.6 Å². The van der Waals surface area contributed by atoms with Gasteiger partial charge in [-0.25, -0.2) is 9.97 Å². The number of aryl methyl sites for hydroxylation is 1. The summed E-state index contributed by atoms with van der Waals surface area (Å²) < 4.78 is 1.86. The van der Waals surface area contributed by atoms with E-state index in [2.05, 4.69) is 20.6 Å². The van der Waals surface area contributed by atoms with Crippen LogP contribution in [0.4, 0.5) is 17.6 Å². The van der Waals surface area contributed by atoms with Gasteiger partial charge in [0.25, 0.3) is 0 Å². The summed E-state index contributed by atoms with van der Waals surface area (Å²) in [6.45, 7) is 2.29. The van der Waals surface area contributed by atoms with Crippen LogP contribution in [0.1, 0.15) is 50.1 Å². The van der Waals surface area contributed by atoms with Gasteiger partial charge in [-0.1, -0.05) is 11.6 Å². The summed E-state index contributed by atoms with van der Waals surface area (Å²) in [6.07, 6.45) is 10.9. The summed E-state index contributed by atoms with van der Waals surface area (Å²) in [5, 5.41) is 7.10. The zero-order valence-corrected chi connectivity index (χ0v) is 17.1. The van der Waals surface area contributed by atoms with Gasteiger partial charge in [0.2, 0.25) is 5.95 Å². The Morgan fingerprint density at radius 2 is 1.93 bits per heavy atom. The lowest BCUT2D eigenvalue weighted by Crippen LogP contribution is -2.39. The van der Waals surface area contributed by atoms with Gasteiger partial charge in [0, 0.05) is 19.2 Å². The average Bonchev–Trinajstić information content (AvgIpc) is 3.04. The second-order valence-electron chi connectivity index (χ2n) is 7.71. The molecule has 2 aromatic rings. The lowest BCUT2D eigenvalue weighted by molar-refractivity contribution is 0.122. The van der Waals surface area contributed by atoms with Crippen LogP contribution in [0.5, 0.6) is 0 Å². The number of nitrogens with two attached hydrogens (primary N) is 1. The molecular weight excluding hydrogens is 385 g/mol. The quantitative estimate of drug-likeness (QED) is 0.713. The molecule has 0 radical (unpaired) electrons. The van der Waals surface area contributed by atoms with Gasteiger partial charge < -0.3 is 20.9 Å². The van der Waals surface area contributed by atoms with Gasteiger partial charge in [-0.3, -0.25) is 0 Å². The van der Waals surface area contributed by atoms with Gasteiger partial charge in [-0.2, -0.15) is 4.98 Å². The molecule has 1 aliphatic heterocycles. The Morgan fingerprint density at radius 1 is 1.22 bits per heavy atom. The highest BCUT2D eigenvalue weighted by Crippen LogP contribution is 2.48. The summed E-state index contributed by atoms with van der Waals surface area (Å²) in [4.78, 5) is 13.2. The number of piperidine rings is 1. The van der Waals surface area contributed by atoms with E-state index in [9.17, 15) is 0 Å². The van der Waals surface area contributed by atoms with E-state index in [4.69, 9.17) is 22.3 Å². The smallest absolute Gasteiger partial charge is 0.230 e. The molecule has 1 saturated carbocycles. The van der Waals surface area contributed by atoms with Crippen LogP contribution in [0.15, 0.2) is 12.5 Å². The van der Waals surface area contributed by atoms with Crippen molar-refractivity contribution in [3.05, 3.63) is 23.2 Å². The highest BCUT2D eigenvalue weighted by atomic mass is 35.5. The van der Waals surface area contributed by atoms with Gasteiger partial charge in [-0.15, -0.1) is 12.4 Å². The molecule has 9 heteroatoms. The fourth-order valence-corrected chi connectivity index (χ4v) is 4.60. The maximum atomic E-state index is 6.48. The lowest BCUT2D eigenvalue weighted by Gasteiger charge is -2.43. The molecule has 27 heavy (non-hydrogen) atoms. The maximum absolute atomic E-state index is 6.48. The van der Waals surface area contributed by atoms with E-state index < -0.39 is 0 Å². The predicted molar refractivity (Wildman–Crippen MR) is 111 cm³/mol. The van der Waals surface area contributed by atoms with Crippen molar-refractivity contribution < 1.29 is 0 Å². The van der Waals surface area contributed by atoms with Crippen LogP contribution in [0.3, 0.4) is 0 Å². The van der Waals surface area contributed by atoms with E-state index in [0.29, 0.717) is 33.9 Å². The van der Waals surface area contributed by atoms with E-state index in [1.54, 1.807) is 6.33 Å². The molecule has 0 bridgehead atoms. The number of anilines is 3. The molecule has 148 valence electrons. The van der Waals surface area contributed by atoms with Crippen molar-refractivity contribution in [1.82, 2.24) is 24.8 Å². The zero-order valence-electron chi connectivity index (χ0n) is 15.5. The molecule has 0 unspecified atom stereocenters. The molecule has 1 aliphatic carbocycles. The minimum atomic E-state index is 0. The topological polar surface area (TPSA) is 93.7 Å². The fourth-order valence-electron chi connectivity index (χ4n) is 4.36. The number of imidazole rings is 1. The Bertz CT molecular complexity index is 776. The number of hydrogen-bond donors (Lipinski definition) is 3. The van der Waals surface area contributed by atoms with Gasteiger partial charge in [0.15, 0.2) is 5.82 Å². The summed E-state index contributed by atoms with van der Waals surface area (Å²) in [7, 11) is 1.92. The first kappa shape index (κ1) is 20.2. The van der Waals surface area contributed by atoms with Crippen molar-refractivity contribution in [2.75, 3.05) is 24.1 Å². The molecule has 3 heterocycles. The van der Waals surface area contributed by atoms with Crippen molar-refractivity contribution in [3.8, 4) is 0 Å². The minimum Gasteiger partial charge on any atom is -0.382 e. The van der Waals surface area contributed by atoms with Crippen LogP contribution in [-0.2, 0) is 7.05 Å². The third-order valence-corrected chi connectivity index (χ3v) is 6.33. The number of nitrogens with one attached hydrogen (secondary N) is 2. The summed E-state index contributed by atoms with van der Waals surface area (Å²) in [5.41, 5.74) is 7.46. The molecule has 0 atom stereocenters. The van der Waals surface area contributed by atoms with E-state index in [1.807, 2.05) is 17.8 Å². The van der Waals surface area contributed by atoms with E-state index in [1.165, 1.54) is 25.7 Å². The lowest BCUT2D eigenvalue weighted by atomic mass is 9.65. The first-order chi connectivity index (χ1) is 12.5. The van der Waals surface area contributed by atoms with E-state index >= 15 is 0 Å². The number of halogens is 2. The Balaban J connectivity index is 0.00000210. The normalized spacial score (nSPS) is 19.6. The summed E-state index contributed by atoms with van der Waals surface area (Å²) in [5.74, 6) is 1.83. The summed E-state index contributed by atoms with van der Waals surface area (Å²) in [6, 6.07) is 0. The Hall–Kier alpha value is -1.57. The zero-order chi connectivity index (χ0) is 18.1. The Kier molecular flexibility index (Phi) is 6.13. The van der Waals surface area contributed by atoms with Crippen LogP contribution in [0.2, 0.25) is 5.02 Å². The summed E-state index contributed by atoms with van der Waals surface area (Å²) >= 11 is 6.48. The van der Waals surface area contributed by atoms with Crippen LogP contribution in [0.25, 0.3) is 0 Å². The van der Waals surface area contributed by atoms with E-state index in [-0.39, 0.29) is 12.4 Å². The molecule has 7 nitrogen and oxygen atoms in total. The molecule has 0 amide bonds. The third kappa shape index (κ3) is 4.31. The Morgan fingerprint density at radius 3 is 2.56 bits per heavy atom. The first-order valence-corrected chi connectivity index (χ1v) is 9.71. The largest absolute Gasteiger partial charge is 0.382 e.